The molecule has 0 aliphatic rings. The Morgan fingerprint density at radius 1 is 1.21 bits per heavy atom. The van der Waals surface area contributed by atoms with Crippen molar-refractivity contribution in [3.8, 4) is 17.6 Å². The molecule has 3 rings (SSSR count). The summed E-state index contributed by atoms with van der Waals surface area (Å²) in [7, 11) is -2.87. The van der Waals surface area contributed by atoms with Gasteiger partial charge in [0.25, 0.3) is 5.56 Å². The molecule has 0 amide bonds. The highest BCUT2D eigenvalue weighted by Gasteiger charge is 2.15. The number of aryl methyl sites for hydroxylation is 1. The summed E-state index contributed by atoms with van der Waals surface area (Å²) in [4.78, 5) is 29.0. The number of anilines is 1. The highest BCUT2D eigenvalue weighted by atomic mass is 32.2. The van der Waals surface area contributed by atoms with Crippen LogP contribution in [0, 0.1) is 11.5 Å². The van der Waals surface area contributed by atoms with Crippen LogP contribution in [0.15, 0.2) is 74.8 Å². The Morgan fingerprint density at radius 3 is 2.55 bits per heavy atom. The Morgan fingerprint density at radius 2 is 1.91 bits per heavy atom. The van der Waals surface area contributed by atoms with Crippen molar-refractivity contribution in [2.24, 2.45) is 4.36 Å². The molecular formula is C23H23N5O4S. The van der Waals surface area contributed by atoms with Gasteiger partial charge in [-0.1, -0.05) is 42.5 Å². The lowest BCUT2D eigenvalue weighted by Crippen LogP contribution is -2.29. The Kier molecular flexibility index (Phi) is 7.58. The molecule has 1 heterocycles. The molecule has 0 fully saturated rings. The SMILES string of the molecule is CS(=O)(=NC#N)c1ccc(-c2ncc(NCCCc3ccccc3)c(=O)n2CC(=O)O)cc1. The van der Waals surface area contributed by atoms with Gasteiger partial charge in [0.05, 0.1) is 15.9 Å². The largest absolute Gasteiger partial charge is 0.480 e. The van der Waals surface area contributed by atoms with E-state index in [0.717, 1.165) is 17.4 Å². The fourth-order valence-corrected chi connectivity index (χ4v) is 4.18. The first-order chi connectivity index (χ1) is 15.8. The normalized spacial score (nSPS) is 12.4. The molecule has 3 aromatic rings. The number of rotatable bonds is 9. The zero-order valence-electron chi connectivity index (χ0n) is 18.0. The molecular weight excluding hydrogens is 442 g/mol. The summed E-state index contributed by atoms with van der Waals surface area (Å²) in [6, 6.07) is 16.1. The number of carbonyl (C=O) groups is 1. The molecule has 0 saturated carbocycles. The van der Waals surface area contributed by atoms with E-state index >= 15 is 0 Å². The predicted molar refractivity (Wildman–Crippen MR) is 125 cm³/mol. The van der Waals surface area contributed by atoms with E-state index in [1.54, 1.807) is 18.3 Å². The molecule has 0 radical (unpaired) electrons. The van der Waals surface area contributed by atoms with Gasteiger partial charge in [0.2, 0.25) is 6.19 Å². The molecule has 0 spiro atoms. The Bertz CT molecular complexity index is 1350. The van der Waals surface area contributed by atoms with E-state index in [1.807, 2.05) is 30.3 Å². The standard InChI is InChI=1S/C23H23N5O4S/c1-33(32,27-16-24)19-11-9-18(10-12-19)22-26-14-20(23(31)28(22)15-21(29)30)25-13-5-8-17-6-3-2-4-7-17/h2-4,6-7,9-12,14,25H,5,8,13,15H2,1H3,(H,29,30). The molecule has 0 saturated heterocycles. The molecule has 1 aromatic heterocycles. The smallest absolute Gasteiger partial charge is 0.323 e. The molecule has 170 valence electrons. The van der Waals surface area contributed by atoms with Gasteiger partial charge in [-0.25, -0.2) is 9.19 Å². The monoisotopic (exact) mass is 465 g/mol. The van der Waals surface area contributed by atoms with Crippen molar-refractivity contribution >= 4 is 21.4 Å². The van der Waals surface area contributed by atoms with Crippen LogP contribution in [-0.2, 0) is 27.5 Å². The molecule has 9 nitrogen and oxygen atoms in total. The molecule has 1 atom stereocenters. The Labute approximate surface area is 191 Å². The van der Waals surface area contributed by atoms with Gasteiger partial charge >= 0.3 is 5.97 Å². The number of carboxylic acids is 1. The van der Waals surface area contributed by atoms with Gasteiger partial charge in [0, 0.05) is 23.3 Å². The van der Waals surface area contributed by atoms with Crippen LogP contribution in [0.25, 0.3) is 11.4 Å². The van der Waals surface area contributed by atoms with Crippen LogP contribution in [0.4, 0.5) is 5.69 Å². The fourth-order valence-electron chi connectivity index (χ4n) is 3.27. The molecule has 2 aromatic carbocycles. The first-order valence-electron chi connectivity index (χ1n) is 10.1. The number of hydrogen-bond donors (Lipinski definition) is 2. The van der Waals surface area contributed by atoms with Crippen LogP contribution >= 0.6 is 0 Å². The topological polar surface area (TPSA) is 137 Å². The maximum atomic E-state index is 13.0. The predicted octanol–water partition coefficient (Wildman–Crippen LogP) is 2.98. The summed E-state index contributed by atoms with van der Waals surface area (Å²) < 4.78 is 16.9. The maximum Gasteiger partial charge on any atom is 0.323 e. The fraction of sp³-hybridized carbons (Fsp3) is 0.217. The van der Waals surface area contributed by atoms with Crippen molar-refractivity contribution in [3.63, 3.8) is 0 Å². The lowest BCUT2D eigenvalue weighted by Gasteiger charge is -2.13. The molecule has 33 heavy (non-hydrogen) atoms. The van der Waals surface area contributed by atoms with Crippen LogP contribution in [0.2, 0.25) is 0 Å². The molecule has 0 aliphatic heterocycles. The molecule has 2 N–H and O–H groups in total. The number of hydrogen-bond acceptors (Lipinski definition) is 7. The number of aliphatic carboxylic acids is 1. The zero-order chi connectivity index (χ0) is 23.8. The quantitative estimate of drug-likeness (QED) is 0.366. The van der Waals surface area contributed by atoms with Gasteiger partial charge in [-0.15, -0.1) is 4.36 Å². The molecule has 1 unspecified atom stereocenters. The van der Waals surface area contributed by atoms with E-state index in [9.17, 15) is 18.9 Å². The second-order valence-electron chi connectivity index (χ2n) is 7.31. The first kappa shape index (κ1) is 23.7. The van der Waals surface area contributed by atoms with Gasteiger partial charge in [0.15, 0.2) is 0 Å². The van der Waals surface area contributed by atoms with Crippen LogP contribution in [0.1, 0.15) is 12.0 Å². The van der Waals surface area contributed by atoms with Gasteiger partial charge < -0.3 is 10.4 Å². The third-order valence-electron chi connectivity index (χ3n) is 4.91. The summed E-state index contributed by atoms with van der Waals surface area (Å²) >= 11 is 0. The van der Waals surface area contributed by atoms with Crippen molar-refractivity contribution in [3.05, 3.63) is 76.7 Å². The number of nitrogens with zero attached hydrogens (tertiary/aromatic N) is 4. The van der Waals surface area contributed by atoms with E-state index in [2.05, 4.69) is 14.7 Å². The van der Waals surface area contributed by atoms with Crippen molar-refractivity contribution < 1.29 is 14.1 Å². The zero-order valence-corrected chi connectivity index (χ0v) is 18.8. The molecule has 10 heteroatoms. The summed E-state index contributed by atoms with van der Waals surface area (Å²) in [6.45, 7) is -0.0308. The minimum absolute atomic E-state index is 0.170. The van der Waals surface area contributed by atoms with Crippen molar-refractivity contribution in [2.75, 3.05) is 18.1 Å². The highest BCUT2D eigenvalue weighted by molar-refractivity contribution is 7.93. The van der Waals surface area contributed by atoms with Crippen LogP contribution in [0.3, 0.4) is 0 Å². The van der Waals surface area contributed by atoms with E-state index < -0.39 is 27.8 Å². The minimum atomic E-state index is -2.87. The van der Waals surface area contributed by atoms with E-state index in [4.69, 9.17) is 5.26 Å². The second-order valence-corrected chi connectivity index (χ2v) is 9.57. The number of nitriles is 1. The summed E-state index contributed by atoms with van der Waals surface area (Å²) in [6.07, 6.45) is 5.91. The highest BCUT2D eigenvalue weighted by Crippen LogP contribution is 2.20. The van der Waals surface area contributed by atoms with Gasteiger partial charge in [-0.05, 0) is 30.5 Å². The number of carboxylic acid groups (broad SMARTS) is 1. The van der Waals surface area contributed by atoms with Crippen molar-refractivity contribution in [1.29, 1.82) is 5.26 Å². The Hall–Kier alpha value is -3.97. The Balaban J connectivity index is 1.84. The van der Waals surface area contributed by atoms with Gasteiger partial charge in [-0.2, -0.15) is 5.26 Å². The summed E-state index contributed by atoms with van der Waals surface area (Å²) in [5, 5.41) is 21.1. The minimum Gasteiger partial charge on any atom is -0.480 e. The number of aromatic nitrogens is 2. The van der Waals surface area contributed by atoms with E-state index in [-0.39, 0.29) is 11.5 Å². The van der Waals surface area contributed by atoms with Crippen molar-refractivity contribution in [1.82, 2.24) is 9.55 Å². The molecule has 0 bridgehead atoms. The lowest BCUT2D eigenvalue weighted by molar-refractivity contribution is -0.137. The van der Waals surface area contributed by atoms with Crippen LogP contribution in [-0.4, -0.2) is 37.6 Å². The lowest BCUT2D eigenvalue weighted by atomic mass is 10.1. The van der Waals surface area contributed by atoms with Gasteiger partial charge in [0.1, 0.15) is 18.1 Å². The third-order valence-corrected chi connectivity index (χ3v) is 6.48. The third kappa shape index (κ3) is 6.05. The second kappa shape index (κ2) is 10.6. The van der Waals surface area contributed by atoms with Crippen molar-refractivity contribution in [2.45, 2.75) is 24.3 Å². The van der Waals surface area contributed by atoms with Crippen LogP contribution in [0.5, 0.6) is 0 Å². The average molecular weight is 466 g/mol. The average Bonchev–Trinajstić information content (AvgIpc) is 2.79. The summed E-state index contributed by atoms with van der Waals surface area (Å²) in [5.74, 6) is -1.01. The summed E-state index contributed by atoms with van der Waals surface area (Å²) in [5.41, 5.74) is 1.39. The molecule has 0 aliphatic carbocycles. The van der Waals surface area contributed by atoms with E-state index in [0.29, 0.717) is 17.0 Å². The first-order valence-corrected chi connectivity index (χ1v) is 12.0. The van der Waals surface area contributed by atoms with Gasteiger partial charge in [-0.3, -0.25) is 14.2 Å². The maximum absolute atomic E-state index is 13.0. The van der Waals surface area contributed by atoms with E-state index in [1.165, 1.54) is 30.1 Å². The van der Waals surface area contributed by atoms with Crippen LogP contribution < -0.4 is 10.9 Å². The number of nitrogens with one attached hydrogen (secondary N) is 1. The number of benzene rings is 2.